The van der Waals surface area contributed by atoms with Crippen molar-refractivity contribution in [1.29, 1.82) is 0 Å². The van der Waals surface area contributed by atoms with Crippen LogP contribution in [-0.4, -0.2) is 40.6 Å². The number of halogens is 2. The van der Waals surface area contributed by atoms with Crippen molar-refractivity contribution in [3.05, 3.63) is 41.2 Å². The topological polar surface area (TPSA) is 81.1 Å². The van der Waals surface area contributed by atoms with Gasteiger partial charge in [-0.05, 0) is 57.5 Å². The highest BCUT2D eigenvalue weighted by Crippen LogP contribution is 2.22. The quantitative estimate of drug-likeness (QED) is 0.806. The van der Waals surface area contributed by atoms with Crippen molar-refractivity contribution in [3.63, 3.8) is 0 Å². The number of ether oxygens (including phenoxy) is 1. The van der Waals surface area contributed by atoms with Crippen LogP contribution in [0.25, 0.3) is 0 Å². The van der Waals surface area contributed by atoms with Gasteiger partial charge in [-0.2, -0.15) is 8.78 Å². The molecule has 1 aliphatic rings. The van der Waals surface area contributed by atoms with Crippen LogP contribution in [0.5, 0.6) is 5.75 Å². The standard InChI is InChI=1S/C18H23F2N5O2/c1-11(13-3-5-15(6-4-13)27-18(19)20)22-17(26)16-12(2)25(24-23-16)14-7-9-21-10-8-14/h3-6,11,14,18,21H,7-10H2,1-2H3,(H,22,26). The minimum absolute atomic E-state index is 0.0769. The molecule has 9 heteroatoms. The van der Waals surface area contributed by atoms with Crippen molar-refractivity contribution in [1.82, 2.24) is 25.6 Å². The Bertz CT molecular complexity index is 773. The second-order valence-corrected chi connectivity index (χ2v) is 6.59. The van der Waals surface area contributed by atoms with Crippen molar-refractivity contribution in [2.45, 2.75) is 45.4 Å². The van der Waals surface area contributed by atoms with E-state index in [1.54, 1.807) is 12.1 Å². The summed E-state index contributed by atoms with van der Waals surface area (Å²) in [5.74, 6) is -0.235. The highest BCUT2D eigenvalue weighted by atomic mass is 19.3. The van der Waals surface area contributed by atoms with E-state index in [-0.39, 0.29) is 23.7 Å². The minimum Gasteiger partial charge on any atom is -0.435 e. The van der Waals surface area contributed by atoms with E-state index >= 15 is 0 Å². The summed E-state index contributed by atoms with van der Waals surface area (Å²) in [6.45, 7) is 2.64. The van der Waals surface area contributed by atoms with E-state index in [0.717, 1.165) is 37.2 Å². The molecule has 1 aromatic carbocycles. The Morgan fingerprint density at radius 2 is 1.96 bits per heavy atom. The highest BCUT2D eigenvalue weighted by Gasteiger charge is 2.23. The zero-order chi connectivity index (χ0) is 19.4. The van der Waals surface area contributed by atoms with Gasteiger partial charge in [0.15, 0.2) is 5.69 Å². The Morgan fingerprint density at radius 3 is 2.59 bits per heavy atom. The lowest BCUT2D eigenvalue weighted by atomic mass is 10.1. The summed E-state index contributed by atoms with van der Waals surface area (Å²) in [7, 11) is 0. The number of aromatic nitrogens is 3. The number of nitrogens with one attached hydrogen (secondary N) is 2. The molecule has 1 unspecified atom stereocenters. The lowest BCUT2D eigenvalue weighted by Crippen LogP contribution is -2.31. The second kappa shape index (κ2) is 8.43. The lowest BCUT2D eigenvalue weighted by Gasteiger charge is -2.23. The molecule has 1 aliphatic heterocycles. The van der Waals surface area contributed by atoms with Crippen LogP contribution in [0.1, 0.15) is 53.6 Å². The summed E-state index contributed by atoms with van der Waals surface area (Å²) in [6, 6.07) is 6.11. The first kappa shape index (κ1) is 19.2. The van der Waals surface area contributed by atoms with Crippen molar-refractivity contribution >= 4 is 5.91 Å². The van der Waals surface area contributed by atoms with Crippen LogP contribution in [0.2, 0.25) is 0 Å². The molecule has 1 atom stereocenters. The lowest BCUT2D eigenvalue weighted by molar-refractivity contribution is -0.0498. The van der Waals surface area contributed by atoms with Gasteiger partial charge in [0, 0.05) is 0 Å². The smallest absolute Gasteiger partial charge is 0.387 e. The Kier molecular flexibility index (Phi) is 6.00. The molecule has 2 N–H and O–H groups in total. The minimum atomic E-state index is -2.86. The van der Waals surface area contributed by atoms with Gasteiger partial charge in [-0.1, -0.05) is 17.3 Å². The van der Waals surface area contributed by atoms with Crippen LogP contribution in [0.4, 0.5) is 8.78 Å². The van der Waals surface area contributed by atoms with Gasteiger partial charge in [0.05, 0.1) is 17.8 Å². The maximum absolute atomic E-state index is 12.6. The zero-order valence-corrected chi connectivity index (χ0v) is 15.3. The Morgan fingerprint density at radius 1 is 1.30 bits per heavy atom. The molecule has 0 bridgehead atoms. The van der Waals surface area contributed by atoms with E-state index < -0.39 is 6.61 Å². The molecule has 146 valence electrons. The van der Waals surface area contributed by atoms with Crippen LogP contribution in [0, 0.1) is 6.92 Å². The van der Waals surface area contributed by atoms with E-state index in [1.165, 1.54) is 12.1 Å². The summed E-state index contributed by atoms with van der Waals surface area (Å²) >= 11 is 0. The fraction of sp³-hybridized carbons (Fsp3) is 0.500. The zero-order valence-electron chi connectivity index (χ0n) is 15.3. The first-order valence-electron chi connectivity index (χ1n) is 8.94. The average molecular weight is 379 g/mol. The van der Waals surface area contributed by atoms with Gasteiger partial charge in [0.25, 0.3) is 5.91 Å². The summed E-state index contributed by atoms with van der Waals surface area (Å²) < 4.78 is 30.6. The van der Waals surface area contributed by atoms with Gasteiger partial charge in [-0.25, -0.2) is 4.68 Å². The molecule has 7 nitrogen and oxygen atoms in total. The molecule has 27 heavy (non-hydrogen) atoms. The van der Waals surface area contributed by atoms with Crippen molar-refractivity contribution in [3.8, 4) is 5.75 Å². The summed E-state index contributed by atoms with van der Waals surface area (Å²) in [6.07, 6.45) is 1.91. The van der Waals surface area contributed by atoms with Gasteiger partial charge in [0.2, 0.25) is 0 Å². The number of amides is 1. The maximum Gasteiger partial charge on any atom is 0.387 e. The molecule has 1 amide bonds. The number of nitrogens with zero attached hydrogens (tertiary/aromatic N) is 3. The molecule has 0 aliphatic carbocycles. The summed E-state index contributed by atoms with van der Waals surface area (Å²) in [4.78, 5) is 12.6. The average Bonchev–Trinajstić information content (AvgIpc) is 3.04. The van der Waals surface area contributed by atoms with Gasteiger partial charge in [-0.3, -0.25) is 4.79 Å². The van der Waals surface area contributed by atoms with Crippen LogP contribution >= 0.6 is 0 Å². The van der Waals surface area contributed by atoms with Gasteiger partial charge < -0.3 is 15.4 Å². The molecule has 3 rings (SSSR count). The van der Waals surface area contributed by atoms with Gasteiger partial charge in [-0.15, -0.1) is 5.10 Å². The normalized spacial score (nSPS) is 16.3. The number of carbonyl (C=O) groups is 1. The highest BCUT2D eigenvalue weighted by molar-refractivity contribution is 5.93. The SMILES string of the molecule is Cc1c(C(=O)NC(C)c2ccc(OC(F)F)cc2)nnn1C1CCNCC1. The van der Waals surface area contributed by atoms with E-state index in [4.69, 9.17) is 0 Å². The largest absolute Gasteiger partial charge is 0.435 e. The van der Waals surface area contributed by atoms with Crippen LogP contribution in [-0.2, 0) is 0 Å². The molecule has 0 radical (unpaired) electrons. The third-order valence-corrected chi connectivity index (χ3v) is 4.75. The number of hydrogen-bond acceptors (Lipinski definition) is 5. The monoisotopic (exact) mass is 379 g/mol. The molecular weight excluding hydrogens is 356 g/mol. The van der Waals surface area contributed by atoms with Crippen LogP contribution in [0.15, 0.2) is 24.3 Å². The maximum atomic E-state index is 12.6. The molecule has 1 fully saturated rings. The van der Waals surface area contributed by atoms with Crippen LogP contribution in [0.3, 0.4) is 0 Å². The first-order chi connectivity index (χ1) is 13.0. The molecule has 1 aromatic heterocycles. The predicted octanol–water partition coefficient (Wildman–Crippen LogP) is 2.60. The third-order valence-electron chi connectivity index (χ3n) is 4.75. The fourth-order valence-electron chi connectivity index (χ4n) is 3.23. The van der Waals surface area contributed by atoms with Gasteiger partial charge in [0.1, 0.15) is 5.75 Å². The summed E-state index contributed by atoms with van der Waals surface area (Å²) in [5, 5.41) is 14.4. The third kappa shape index (κ3) is 4.60. The van der Waals surface area contributed by atoms with Crippen molar-refractivity contribution in [2.24, 2.45) is 0 Å². The summed E-state index contributed by atoms with van der Waals surface area (Å²) in [5.41, 5.74) is 1.82. The van der Waals surface area contributed by atoms with Crippen molar-refractivity contribution < 1.29 is 18.3 Å². The molecule has 1 saturated heterocycles. The number of piperidine rings is 1. The number of benzene rings is 1. The predicted molar refractivity (Wildman–Crippen MR) is 94.9 cm³/mol. The molecule has 2 aromatic rings. The first-order valence-corrected chi connectivity index (χ1v) is 8.94. The molecule has 0 saturated carbocycles. The fourth-order valence-corrected chi connectivity index (χ4v) is 3.23. The van der Waals surface area contributed by atoms with E-state index in [0.29, 0.717) is 5.69 Å². The Balaban J connectivity index is 1.65. The number of alkyl halides is 2. The number of rotatable bonds is 6. The second-order valence-electron chi connectivity index (χ2n) is 6.59. The molecule has 2 heterocycles. The van der Waals surface area contributed by atoms with Crippen LogP contribution < -0.4 is 15.4 Å². The molecule has 0 spiro atoms. The van der Waals surface area contributed by atoms with E-state index in [2.05, 4.69) is 25.7 Å². The van der Waals surface area contributed by atoms with E-state index in [9.17, 15) is 13.6 Å². The Hall–Kier alpha value is -2.55. The number of hydrogen-bond donors (Lipinski definition) is 2. The number of carbonyl (C=O) groups excluding carboxylic acids is 1. The van der Waals surface area contributed by atoms with Gasteiger partial charge >= 0.3 is 6.61 Å². The van der Waals surface area contributed by atoms with E-state index in [1.807, 2.05) is 18.5 Å². The Labute approximate surface area is 156 Å². The van der Waals surface area contributed by atoms with Crippen molar-refractivity contribution in [2.75, 3.05) is 13.1 Å². The molecular formula is C18H23F2N5O2.